The molecule has 0 radical (unpaired) electrons. The molecule has 2 atom stereocenters. The Morgan fingerprint density at radius 3 is 2.39 bits per heavy atom. The number of aromatic nitrogens is 2. The summed E-state index contributed by atoms with van der Waals surface area (Å²) in [5.74, 6) is 1.41. The van der Waals surface area contributed by atoms with Gasteiger partial charge in [0, 0.05) is 18.2 Å². The minimum Gasteiger partial charge on any atom is -0.325 e. The molecule has 1 aliphatic carbocycles. The summed E-state index contributed by atoms with van der Waals surface area (Å²) in [5.41, 5.74) is 8.65. The Morgan fingerprint density at radius 2 is 1.94 bits per heavy atom. The van der Waals surface area contributed by atoms with Crippen molar-refractivity contribution >= 4 is 11.6 Å². The maximum absolute atomic E-state index is 6.62. The van der Waals surface area contributed by atoms with Crippen molar-refractivity contribution in [1.29, 1.82) is 0 Å². The number of hydrogen-bond acceptors (Lipinski definition) is 2. The van der Waals surface area contributed by atoms with Crippen LogP contribution in [-0.2, 0) is 13.5 Å². The fraction of sp³-hybridized carbons (Fsp3) is 0.786. The summed E-state index contributed by atoms with van der Waals surface area (Å²) in [7, 11) is 1.88. The molecule has 4 heteroatoms. The normalized spacial score (nSPS) is 32.8. The summed E-state index contributed by atoms with van der Waals surface area (Å²) in [4.78, 5) is 0. The van der Waals surface area contributed by atoms with Gasteiger partial charge in [0.1, 0.15) is 5.15 Å². The molecule has 1 heterocycles. The van der Waals surface area contributed by atoms with Crippen LogP contribution in [0.5, 0.6) is 0 Å². The molecule has 1 saturated carbocycles. The van der Waals surface area contributed by atoms with Gasteiger partial charge in [-0.1, -0.05) is 25.4 Å². The first-order valence-electron chi connectivity index (χ1n) is 6.77. The second-order valence-corrected chi connectivity index (χ2v) is 6.73. The van der Waals surface area contributed by atoms with Gasteiger partial charge >= 0.3 is 0 Å². The standard InChI is InChI=1S/C14H24ClN3/c1-9-5-10(2)7-14(16,6-9)8-12-11(3)17-18(4)13(12)15/h9-10H,5-8,16H2,1-4H3. The molecule has 1 aromatic rings. The molecule has 2 N–H and O–H groups in total. The minimum absolute atomic E-state index is 0.117. The van der Waals surface area contributed by atoms with Crippen molar-refractivity contribution < 1.29 is 0 Å². The van der Waals surface area contributed by atoms with Crippen LogP contribution < -0.4 is 5.73 Å². The fourth-order valence-electron chi connectivity index (χ4n) is 3.70. The molecule has 2 rings (SSSR count). The molecular formula is C14H24ClN3. The zero-order valence-electron chi connectivity index (χ0n) is 11.8. The molecule has 0 bridgehead atoms. The molecule has 18 heavy (non-hydrogen) atoms. The fourth-order valence-corrected chi connectivity index (χ4v) is 3.94. The van der Waals surface area contributed by atoms with Crippen molar-refractivity contribution in [2.45, 2.75) is 52.0 Å². The zero-order chi connectivity index (χ0) is 13.5. The lowest BCUT2D eigenvalue weighted by molar-refractivity contribution is 0.182. The Labute approximate surface area is 115 Å². The van der Waals surface area contributed by atoms with Crippen LogP contribution in [0.15, 0.2) is 0 Å². The lowest BCUT2D eigenvalue weighted by Gasteiger charge is -2.40. The van der Waals surface area contributed by atoms with Gasteiger partial charge in [0.05, 0.1) is 5.69 Å². The minimum atomic E-state index is -0.117. The Morgan fingerprint density at radius 1 is 1.39 bits per heavy atom. The van der Waals surface area contributed by atoms with E-state index in [1.165, 1.54) is 6.42 Å². The SMILES string of the molecule is Cc1nn(C)c(Cl)c1CC1(N)CC(C)CC(C)C1. The van der Waals surface area contributed by atoms with Crippen LogP contribution in [0.3, 0.4) is 0 Å². The molecule has 1 aromatic heterocycles. The second-order valence-electron chi connectivity index (χ2n) is 6.37. The molecule has 0 saturated heterocycles. The van der Waals surface area contributed by atoms with Gasteiger partial charge in [0.2, 0.25) is 0 Å². The first-order valence-corrected chi connectivity index (χ1v) is 7.15. The molecule has 1 fully saturated rings. The maximum atomic E-state index is 6.62. The average Bonchev–Trinajstić information content (AvgIpc) is 2.42. The monoisotopic (exact) mass is 269 g/mol. The van der Waals surface area contributed by atoms with Crippen LogP contribution in [0.25, 0.3) is 0 Å². The number of nitrogens with two attached hydrogens (primary N) is 1. The quantitative estimate of drug-likeness (QED) is 0.897. The van der Waals surface area contributed by atoms with Crippen molar-refractivity contribution in [3.8, 4) is 0 Å². The van der Waals surface area contributed by atoms with Gasteiger partial charge < -0.3 is 5.73 Å². The molecular weight excluding hydrogens is 246 g/mol. The van der Waals surface area contributed by atoms with E-state index in [0.29, 0.717) is 11.8 Å². The predicted molar refractivity (Wildman–Crippen MR) is 75.8 cm³/mol. The van der Waals surface area contributed by atoms with Gasteiger partial charge in [0.15, 0.2) is 0 Å². The van der Waals surface area contributed by atoms with E-state index in [0.717, 1.165) is 35.7 Å². The highest BCUT2D eigenvalue weighted by atomic mass is 35.5. The van der Waals surface area contributed by atoms with E-state index < -0.39 is 0 Å². The first kappa shape index (κ1) is 13.9. The van der Waals surface area contributed by atoms with Crippen molar-refractivity contribution in [2.24, 2.45) is 24.6 Å². The Balaban J connectivity index is 2.21. The number of aryl methyl sites for hydroxylation is 2. The van der Waals surface area contributed by atoms with E-state index >= 15 is 0 Å². The Hall–Kier alpha value is -0.540. The van der Waals surface area contributed by atoms with Crippen molar-refractivity contribution in [1.82, 2.24) is 9.78 Å². The zero-order valence-corrected chi connectivity index (χ0v) is 12.6. The van der Waals surface area contributed by atoms with Gasteiger partial charge in [-0.3, -0.25) is 4.68 Å². The van der Waals surface area contributed by atoms with Gasteiger partial charge in [-0.05, 0) is 44.4 Å². The van der Waals surface area contributed by atoms with Gasteiger partial charge in [-0.25, -0.2) is 0 Å². The van der Waals surface area contributed by atoms with E-state index in [2.05, 4.69) is 18.9 Å². The Bertz CT molecular complexity index is 428. The van der Waals surface area contributed by atoms with E-state index in [-0.39, 0.29) is 5.54 Å². The van der Waals surface area contributed by atoms with Crippen molar-refractivity contribution in [3.63, 3.8) is 0 Å². The molecule has 1 aliphatic rings. The highest BCUT2D eigenvalue weighted by Gasteiger charge is 2.36. The van der Waals surface area contributed by atoms with Crippen LogP contribution in [0.4, 0.5) is 0 Å². The number of halogens is 1. The summed E-state index contributed by atoms with van der Waals surface area (Å²) < 4.78 is 1.74. The molecule has 0 aliphatic heterocycles. The van der Waals surface area contributed by atoms with E-state index in [9.17, 15) is 0 Å². The van der Waals surface area contributed by atoms with Crippen LogP contribution >= 0.6 is 11.6 Å². The first-order chi connectivity index (χ1) is 8.31. The third-order valence-electron chi connectivity index (χ3n) is 4.11. The lowest BCUT2D eigenvalue weighted by atomic mass is 9.70. The van der Waals surface area contributed by atoms with Crippen molar-refractivity contribution in [2.75, 3.05) is 0 Å². The molecule has 2 unspecified atom stereocenters. The number of hydrogen-bond donors (Lipinski definition) is 1. The summed E-state index contributed by atoms with van der Waals surface area (Å²) in [6.45, 7) is 6.62. The molecule has 102 valence electrons. The van der Waals surface area contributed by atoms with Crippen LogP contribution in [0.2, 0.25) is 5.15 Å². The highest BCUT2D eigenvalue weighted by molar-refractivity contribution is 6.30. The van der Waals surface area contributed by atoms with Gasteiger partial charge in [-0.15, -0.1) is 0 Å². The molecule has 3 nitrogen and oxygen atoms in total. The smallest absolute Gasteiger partial charge is 0.130 e. The molecule has 0 amide bonds. The Kier molecular flexibility index (Phi) is 3.75. The largest absolute Gasteiger partial charge is 0.325 e. The maximum Gasteiger partial charge on any atom is 0.130 e. The van der Waals surface area contributed by atoms with E-state index in [4.69, 9.17) is 17.3 Å². The predicted octanol–water partition coefficient (Wildman–Crippen LogP) is 3.08. The lowest BCUT2D eigenvalue weighted by Crippen LogP contribution is -2.48. The second kappa shape index (κ2) is 4.86. The highest BCUT2D eigenvalue weighted by Crippen LogP contribution is 2.37. The number of nitrogens with zero attached hydrogens (tertiary/aromatic N) is 2. The van der Waals surface area contributed by atoms with Crippen LogP contribution in [0, 0.1) is 18.8 Å². The summed E-state index contributed by atoms with van der Waals surface area (Å²) in [5, 5.41) is 5.11. The third-order valence-corrected chi connectivity index (χ3v) is 4.59. The molecule has 0 spiro atoms. The van der Waals surface area contributed by atoms with E-state index in [1.807, 2.05) is 14.0 Å². The van der Waals surface area contributed by atoms with Crippen molar-refractivity contribution in [3.05, 3.63) is 16.4 Å². The summed E-state index contributed by atoms with van der Waals surface area (Å²) in [6.07, 6.45) is 4.31. The topological polar surface area (TPSA) is 43.8 Å². The van der Waals surface area contributed by atoms with Crippen LogP contribution in [0.1, 0.15) is 44.4 Å². The van der Waals surface area contributed by atoms with E-state index in [1.54, 1.807) is 4.68 Å². The summed E-state index contributed by atoms with van der Waals surface area (Å²) in [6, 6.07) is 0. The van der Waals surface area contributed by atoms with Gasteiger partial charge in [-0.2, -0.15) is 5.10 Å². The third kappa shape index (κ3) is 2.72. The average molecular weight is 270 g/mol. The van der Waals surface area contributed by atoms with Gasteiger partial charge in [0.25, 0.3) is 0 Å². The molecule has 0 aromatic carbocycles. The number of rotatable bonds is 2. The summed E-state index contributed by atoms with van der Waals surface area (Å²) >= 11 is 6.31. The van der Waals surface area contributed by atoms with Crippen LogP contribution in [-0.4, -0.2) is 15.3 Å².